The highest BCUT2D eigenvalue weighted by Gasteiger charge is 2.22. The molecule has 11 heteroatoms. The van der Waals surface area contributed by atoms with Gasteiger partial charge in [0.2, 0.25) is 11.0 Å². The Morgan fingerprint density at radius 3 is 2.68 bits per heavy atom. The summed E-state index contributed by atoms with van der Waals surface area (Å²) in [6.07, 6.45) is 0.261. The molecule has 0 fully saturated rings. The van der Waals surface area contributed by atoms with Gasteiger partial charge in [-0.25, -0.2) is 4.39 Å². The minimum atomic E-state index is -0.514. The normalized spacial score (nSPS) is 12.2. The van der Waals surface area contributed by atoms with Crippen LogP contribution in [0.3, 0.4) is 0 Å². The van der Waals surface area contributed by atoms with E-state index in [9.17, 15) is 9.18 Å². The lowest BCUT2D eigenvalue weighted by molar-refractivity contribution is -0.113. The number of ether oxygens (including phenoxy) is 1. The van der Waals surface area contributed by atoms with Crippen molar-refractivity contribution in [3.63, 3.8) is 0 Å². The van der Waals surface area contributed by atoms with Crippen molar-refractivity contribution in [3.05, 3.63) is 40.9 Å². The van der Waals surface area contributed by atoms with Crippen LogP contribution in [-0.4, -0.2) is 36.6 Å². The van der Waals surface area contributed by atoms with Crippen LogP contribution in [0.5, 0.6) is 5.75 Å². The maximum absolute atomic E-state index is 14.0. The summed E-state index contributed by atoms with van der Waals surface area (Å²) in [5.41, 5.74) is 0. The number of nitrogens with zero attached hydrogens (tertiary/aromatic N) is 5. The minimum Gasteiger partial charge on any atom is -0.480 e. The van der Waals surface area contributed by atoms with Gasteiger partial charge in [0.25, 0.3) is 0 Å². The van der Waals surface area contributed by atoms with Crippen LogP contribution < -0.4 is 10.1 Å². The SMILES string of the molecule is CCc1nnc(NC(=O)CSc2nnc(C(C)Oc3ccccc3F)n2CC(C)C)s1. The van der Waals surface area contributed by atoms with Crippen LogP contribution >= 0.6 is 23.1 Å². The summed E-state index contributed by atoms with van der Waals surface area (Å²) in [6, 6.07) is 6.25. The maximum Gasteiger partial charge on any atom is 0.236 e. The van der Waals surface area contributed by atoms with Crippen LogP contribution in [0.1, 0.15) is 44.6 Å². The van der Waals surface area contributed by atoms with E-state index >= 15 is 0 Å². The number of aryl methyl sites for hydroxylation is 1. The number of carbonyl (C=O) groups is 1. The lowest BCUT2D eigenvalue weighted by Crippen LogP contribution is -2.17. The zero-order valence-electron chi connectivity index (χ0n) is 17.8. The van der Waals surface area contributed by atoms with E-state index in [1.807, 2.05) is 11.5 Å². The van der Waals surface area contributed by atoms with E-state index in [1.54, 1.807) is 25.1 Å². The van der Waals surface area contributed by atoms with Gasteiger partial charge in [0.05, 0.1) is 5.75 Å². The zero-order chi connectivity index (χ0) is 22.4. The van der Waals surface area contributed by atoms with E-state index in [2.05, 4.69) is 39.6 Å². The van der Waals surface area contributed by atoms with Crippen LogP contribution in [0.4, 0.5) is 9.52 Å². The molecule has 31 heavy (non-hydrogen) atoms. The lowest BCUT2D eigenvalue weighted by atomic mass is 10.2. The Kier molecular flexibility index (Phi) is 7.97. The molecule has 0 bridgehead atoms. The van der Waals surface area contributed by atoms with Gasteiger partial charge in [0.15, 0.2) is 28.7 Å². The molecule has 0 radical (unpaired) electrons. The number of aromatic nitrogens is 5. The van der Waals surface area contributed by atoms with E-state index in [0.29, 0.717) is 28.6 Å². The molecule has 0 spiro atoms. The standard InChI is InChI=1S/C20H25FN6O2S2/c1-5-17-23-25-19(31-17)22-16(28)11-30-20-26-24-18(27(20)10-12(2)3)13(4)29-15-9-7-6-8-14(15)21/h6-9,12-13H,5,10-11H2,1-4H3,(H,22,25,28). The van der Waals surface area contributed by atoms with Crippen molar-refractivity contribution < 1.29 is 13.9 Å². The predicted octanol–water partition coefficient (Wildman–Crippen LogP) is 4.36. The Labute approximate surface area is 188 Å². The van der Waals surface area contributed by atoms with E-state index in [-0.39, 0.29) is 17.4 Å². The van der Waals surface area contributed by atoms with E-state index in [1.165, 1.54) is 29.2 Å². The fraction of sp³-hybridized carbons (Fsp3) is 0.450. The molecule has 1 atom stereocenters. The number of nitrogens with one attached hydrogen (secondary N) is 1. The maximum atomic E-state index is 14.0. The third kappa shape index (κ3) is 6.23. The first-order valence-electron chi connectivity index (χ1n) is 9.96. The van der Waals surface area contributed by atoms with Gasteiger partial charge < -0.3 is 9.30 Å². The number of hydrogen-bond acceptors (Lipinski definition) is 8. The number of anilines is 1. The van der Waals surface area contributed by atoms with Crippen molar-refractivity contribution in [2.45, 2.75) is 51.9 Å². The average Bonchev–Trinajstić information content (AvgIpc) is 3.34. The second kappa shape index (κ2) is 10.7. The second-order valence-corrected chi connectivity index (χ2v) is 9.23. The van der Waals surface area contributed by atoms with Gasteiger partial charge in [-0.3, -0.25) is 10.1 Å². The number of hydrogen-bond donors (Lipinski definition) is 1. The van der Waals surface area contributed by atoms with Crippen LogP contribution in [0, 0.1) is 11.7 Å². The molecule has 2 heterocycles. The Balaban J connectivity index is 1.69. The molecule has 0 saturated carbocycles. The number of halogens is 1. The van der Waals surface area contributed by atoms with Crippen molar-refractivity contribution in [2.24, 2.45) is 5.92 Å². The molecule has 0 aliphatic rings. The smallest absolute Gasteiger partial charge is 0.236 e. The zero-order valence-corrected chi connectivity index (χ0v) is 19.5. The predicted molar refractivity (Wildman–Crippen MR) is 119 cm³/mol. The highest BCUT2D eigenvalue weighted by atomic mass is 32.2. The third-order valence-electron chi connectivity index (χ3n) is 4.15. The number of rotatable bonds is 10. The monoisotopic (exact) mass is 464 g/mol. The molecule has 1 unspecified atom stereocenters. The summed E-state index contributed by atoms with van der Waals surface area (Å²) < 4.78 is 21.7. The first kappa shape index (κ1) is 23.1. The van der Waals surface area contributed by atoms with Crippen molar-refractivity contribution >= 4 is 34.1 Å². The second-order valence-electron chi connectivity index (χ2n) is 7.23. The van der Waals surface area contributed by atoms with Crippen molar-refractivity contribution in [1.82, 2.24) is 25.0 Å². The highest BCUT2D eigenvalue weighted by Crippen LogP contribution is 2.27. The quantitative estimate of drug-likeness (QED) is 0.446. The lowest BCUT2D eigenvalue weighted by Gasteiger charge is -2.18. The van der Waals surface area contributed by atoms with Crippen molar-refractivity contribution in [3.8, 4) is 5.75 Å². The average molecular weight is 465 g/mol. The van der Waals surface area contributed by atoms with E-state index in [4.69, 9.17) is 4.74 Å². The fourth-order valence-electron chi connectivity index (χ4n) is 2.76. The summed E-state index contributed by atoms with van der Waals surface area (Å²) in [4.78, 5) is 12.3. The first-order chi connectivity index (χ1) is 14.9. The summed E-state index contributed by atoms with van der Waals surface area (Å²) in [5, 5.41) is 21.2. The van der Waals surface area contributed by atoms with Crippen LogP contribution in [0.25, 0.3) is 0 Å². The van der Waals surface area contributed by atoms with Crippen LogP contribution in [-0.2, 0) is 17.8 Å². The summed E-state index contributed by atoms with van der Waals surface area (Å²) in [7, 11) is 0. The minimum absolute atomic E-state index is 0.153. The Bertz CT molecular complexity index is 1020. The van der Waals surface area contributed by atoms with Gasteiger partial charge in [0.1, 0.15) is 5.01 Å². The van der Waals surface area contributed by atoms with E-state index in [0.717, 1.165) is 11.4 Å². The molecule has 3 rings (SSSR count). The number of carbonyl (C=O) groups excluding carboxylic acids is 1. The third-order valence-corrected chi connectivity index (χ3v) is 6.09. The topological polar surface area (TPSA) is 94.8 Å². The first-order valence-corrected chi connectivity index (χ1v) is 11.8. The number of para-hydroxylation sites is 1. The number of amides is 1. The molecule has 1 N–H and O–H groups in total. The fourth-order valence-corrected chi connectivity index (χ4v) is 4.21. The van der Waals surface area contributed by atoms with Crippen molar-refractivity contribution in [1.29, 1.82) is 0 Å². The molecular formula is C20H25FN6O2S2. The van der Waals surface area contributed by atoms with Gasteiger partial charge in [-0.05, 0) is 31.4 Å². The molecule has 2 aromatic heterocycles. The molecule has 166 valence electrons. The summed E-state index contributed by atoms with van der Waals surface area (Å²) in [5.74, 6) is 0.582. The molecule has 0 aliphatic carbocycles. The molecule has 8 nitrogen and oxygen atoms in total. The highest BCUT2D eigenvalue weighted by molar-refractivity contribution is 7.99. The van der Waals surface area contributed by atoms with Gasteiger partial charge in [0, 0.05) is 6.54 Å². The van der Waals surface area contributed by atoms with Gasteiger partial charge in [-0.15, -0.1) is 20.4 Å². The number of thioether (sulfide) groups is 1. The summed E-state index contributed by atoms with van der Waals surface area (Å²) in [6.45, 7) is 8.59. The van der Waals surface area contributed by atoms with Crippen molar-refractivity contribution in [2.75, 3.05) is 11.1 Å². The van der Waals surface area contributed by atoms with Crippen LogP contribution in [0.15, 0.2) is 29.4 Å². The Morgan fingerprint density at radius 1 is 1.23 bits per heavy atom. The molecule has 3 aromatic rings. The van der Waals surface area contributed by atoms with Crippen LogP contribution in [0.2, 0.25) is 0 Å². The largest absolute Gasteiger partial charge is 0.480 e. The van der Waals surface area contributed by atoms with Gasteiger partial charge >= 0.3 is 0 Å². The molecular weight excluding hydrogens is 439 g/mol. The van der Waals surface area contributed by atoms with Gasteiger partial charge in [-0.2, -0.15) is 0 Å². The molecule has 0 saturated heterocycles. The van der Waals surface area contributed by atoms with E-state index < -0.39 is 11.9 Å². The summed E-state index contributed by atoms with van der Waals surface area (Å²) >= 11 is 2.64. The number of benzene rings is 1. The Hall–Kier alpha value is -2.53. The molecule has 0 aliphatic heterocycles. The Morgan fingerprint density at radius 2 is 2.00 bits per heavy atom. The van der Waals surface area contributed by atoms with Gasteiger partial charge in [-0.1, -0.05) is 56.0 Å². The molecule has 1 aromatic carbocycles. The molecule has 1 amide bonds.